The number of rotatable bonds is 7. The molecule has 1 fully saturated rings. The smallest absolute Gasteiger partial charge is 0.231 e. The van der Waals surface area contributed by atoms with Crippen molar-refractivity contribution in [3.05, 3.63) is 72.8 Å². The number of hydrogen-bond acceptors (Lipinski definition) is 3. The zero-order valence-electron chi connectivity index (χ0n) is 15.3. The zero-order chi connectivity index (χ0) is 19.8. The van der Waals surface area contributed by atoms with Gasteiger partial charge in [-0.2, -0.15) is 5.10 Å². The van der Waals surface area contributed by atoms with Crippen LogP contribution >= 0.6 is 0 Å². The largest absolute Gasteiger partial charge is 0.375 e. The van der Waals surface area contributed by atoms with Crippen molar-refractivity contribution in [2.24, 2.45) is 5.92 Å². The van der Waals surface area contributed by atoms with Gasteiger partial charge in [0.2, 0.25) is 5.91 Å². The molecule has 0 aliphatic heterocycles. The number of nitrogens with one attached hydrogen (secondary N) is 2. The summed E-state index contributed by atoms with van der Waals surface area (Å²) in [6.07, 6.45) is 7.17. The molecule has 1 heterocycles. The number of halogens is 2. The molecule has 1 aliphatic rings. The Bertz CT molecular complexity index is 812. The number of benzene rings is 1. The molecule has 1 saturated carbocycles. The van der Waals surface area contributed by atoms with Gasteiger partial charge in [0.15, 0.2) is 11.6 Å². The lowest BCUT2D eigenvalue weighted by molar-refractivity contribution is -0.119. The minimum atomic E-state index is -0.938. The Morgan fingerprint density at radius 2 is 2.04 bits per heavy atom. The Hall–Kier alpha value is -2.96. The first-order chi connectivity index (χ1) is 13.0. The van der Waals surface area contributed by atoms with Gasteiger partial charge in [-0.3, -0.25) is 4.79 Å². The molecule has 1 aromatic carbocycles. The van der Waals surface area contributed by atoms with E-state index in [1.165, 1.54) is 23.6 Å². The van der Waals surface area contributed by atoms with Crippen LogP contribution in [0.1, 0.15) is 25.0 Å². The standard InChI is InChI=1S/C18H20F2N4O.C2H4/c1-21-17(7-4-12-2-3-12)22-18(25)10-13-8-9-24(23-13)14-5-6-15(19)16(20)11-14;1-2/h5-9,11-12,21H,2-4,10H2,1H3,(H,22,25);1-2H2/b17-7+;. The number of nitrogens with zero attached hydrogens (tertiary/aromatic N) is 2. The lowest BCUT2D eigenvalue weighted by atomic mass is 10.2. The molecule has 0 spiro atoms. The maximum absolute atomic E-state index is 13.3. The summed E-state index contributed by atoms with van der Waals surface area (Å²) in [5.74, 6) is -0.601. The molecule has 1 aliphatic carbocycles. The molecular weight excluding hydrogens is 350 g/mol. The van der Waals surface area contributed by atoms with Crippen molar-refractivity contribution >= 4 is 5.91 Å². The van der Waals surface area contributed by atoms with Crippen molar-refractivity contribution in [1.82, 2.24) is 20.4 Å². The fraction of sp³-hybridized carbons (Fsp3) is 0.300. The molecule has 7 heteroatoms. The third-order valence-corrected chi connectivity index (χ3v) is 4.05. The van der Waals surface area contributed by atoms with E-state index in [0.29, 0.717) is 17.2 Å². The van der Waals surface area contributed by atoms with Gasteiger partial charge in [0, 0.05) is 19.3 Å². The molecule has 1 amide bonds. The Balaban J connectivity index is 0.00000126. The van der Waals surface area contributed by atoms with Crippen LogP contribution in [0.4, 0.5) is 8.78 Å². The van der Waals surface area contributed by atoms with E-state index >= 15 is 0 Å². The normalized spacial score (nSPS) is 13.5. The average molecular weight is 374 g/mol. The molecular formula is C20H24F2N4O. The van der Waals surface area contributed by atoms with Crippen molar-refractivity contribution in [1.29, 1.82) is 0 Å². The third-order valence-electron chi connectivity index (χ3n) is 4.05. The zero-order valence-corrected chi connectivity index (χ0v) is 15.3. The number of aromatic nitrogens is 2. The van der Waals surface area contributed by atoms with Crippen LogP contribution in [0.15, 0.2) is 55.5 Å². The lowest BCUT2D eigenvalue weighted by Crippen LogP contribution is -2.31. The predicted molar refractivity (Wildman–Crippen MR) is 101 cm³/mol. The van der Waals surface area contributed by atoms with Crippen molar-refractivity contribution in [3.63, 3.8) is 0 Å². The first kappa shape index (κ1) is 20.4. The van der Waals surface area contributed by atoms with E-state index in [2.05, 4.69) is 28.9 Å². The summed E-state index contributed by atoms with van der Waals surface area (Å²) in [6.45, 7) is 6.00. The van der Waals surface area contributed by atoms with Gasteiger partial charge in [0.1, 0.15) is 5.82 Å². The van der Waals surface area contributed by atoms with Crippen LogP contribution in [-0.4, -0.2) is 22.7 Å². The maximum Gasteiger partial charge on any atom is 0.231 e. The summed E-state index contributed by atoms with van der Waals surface area (Å²) in [6, 6.07) is 5.21. The van der Waals surface area contributed by atoms with Crippen molar-refractivity contribution < 1.29 is 13.6 Å². The van der Waals surface area contributed by atoms with Gasteiger partial charge in [-0.25, -0.2) is 13.5 Å². The van der Waals surface area contributed by atoms with E-state index in [0.717, 1.165) is 24.5 Å². The first-order valence-corrected chi connectivity index (χ1v) is 8.73. The molecule has 27 heavy (non-hydrogen) atoms. The highest BCUT2D eigenvalue weighted by Gasteiger charge is 2.20. The van der Waals surface area contributed by atoms with E-state index in [1.807, 2.05) is 6.08 Å². The highest BCUT2D eigenvalue weighted by atomic mass is 19.2. The number of hydrogen-bond donors (Lipinski definition) is 2. The second kappa shape index (κ2) is 9.66. The Kier molecular flexibility index (Phi) is 7.28. The summed E-state index contributed by atoms with van der Waals surface area (Å²) < 4.78 is 27.7. The Morgan fingerprint density at radius 1 is 1.30 bits per heavy atom. The summed E-state index contributed by atoms with van der Waals surface area (Å²) in [5, 5.41) is 10.0. The van der Waals surface area contributed by atoms with Crippen molar-refractivity contribution in [3.8, 4) is 5.69 Å². The second-order valence-electron chi connectivity index (χ2n) is 6.12. The first-order valence-electron chi connectivity index (χ1n) is 8.73. The molecule has 0 radical (unpaired) electrons. The SMILES string of the molecule is C=C.CN/C(=C\CC1CC1)NC(=O)Cc1ccn(-c2ccc(F)c(F)c2)n1. The molecule has 144 valence electrons. The van der Waals surface area contributed by atoms with E-state index in [-0.39, 0.29) is 12.3 Å². The monoisotopic (exact) mass is 374 g/mol. The van der Waals surface area contributed by atoms with Crippen LogP contribution in [-0.2, 0) is 11.2 Å². The molecule has 2 N–H and O–H groups in total. The molecule has 3 rings (SSSR count). The molecule has 0 atom stereocenters. The molecule has 0 saturated heterocycles. The second-order valence-corrected chi connectivity index (χ2v) is 6.12. The van der Waals surface area contributed by atoms with Crippen LogP contribution in [0, 0.1) is 17.6 Å². The van der Waals surface area contributed by atoms with Gasteiger partial charge in [-0.15, -0.1) is 13.2 Å². The molecule has 0 unspecified atom stereocenters. The van der Waals surface area contributed by atoms with Gasteiger partial charge in [-0.1, -0.05) is 0 Å². The Morgan fingerprint density at radius 3 is 2.67 bits per heavy atom. The highest BCUT2D eigenvalue weighted by molar-refractivity contribution is 5.79. The van der Waals surface area contributed by atoms with Crippen LogP contribution in [0.5, 0.6) is 0 Å². The quantitative estimate of drug-likeness (QED) is 0.730. The molecule has 2 aromatic rings. The van der Waals surface area contributed by atoms with Crippen LogP contribution in [0.2, 0.25) is 0 Å². The van der Waals surface area contributed by atoms with Gasteiger partial charge in [-0.05, 0) is 49.5 Å². The van der Waals surface area contributed by atoms with Crippen molar-refractivity contribution in [2.75, 3.05) is 7.05 Å². The van der Waals surface area contributed by atoms with Crippen LogP contribution < -0.4 is 10.6 Å². The Labute approximate surface area is 157 Å². The molecule has 5 nitrogen and oxygen atoms in total. The van der Waals surface area contributed by atoms with E-state index in [9.17, 15) is 13.6 Å². The summed E-state index contributed by atoms with van der Waals surface area (Å²) >= 11 is 0. The summed E-state index contributed by atoms with van der Waals surface area (Å²) in [5.41, 5.74) is 0.936. The third kappa shape index (κ3) is 6.06. The van der Waals surface area contributed by atoms with E-state index < -0.39 is 11.6 Å². The number of allylic oxidation sites excluding steroid dienone is 1. The maximum atomic E-state index is 13.3. The summed E-state index contributed by atoms with van der Waals surface area (Å²) in [7, 11) is 1.76. The van der Waals surface area contributed by atoms with Crippen LogP contribution in [0.3, 0.4) is 0 Å². The fourth-order valence-electron chi connectivity index (χ4n) is 2.44. The van der Waals surface area contributed by atoms with E-state index in [1.54, 1.807) is 19.3 Å². The van der Waals surface area contributed by atoms with Crippen molar-refractivity contribution in [2.45, 2.75) is 25.7 Å². The van der Waals surface area contributed by atoms with E-state index in [4.69, 9.17) is 0 Å². The fourth-order valence-corrected chi connectivity index (χ4v) is 2.44. The predicted octanol–water partition coefficient (Wildman–Crippen LogP) is 3.47. The van der Waals surface area contributed by atoms with Gasteiger partial charge < -0.3 is 10.6 Å². The number of amides is 1. The topological polar surface area (TPSA) is 58.9 Å². The van der Waals surface area contributed by atoms with Gasteiger partial charge in [0.25, 0.3) is 0 Å². The number of carbonyl (C=O) groups excluding carboxylic acids is 1. The minimum absolute atomic E-state index is 0.0964. The van der Waals surface area contributed by atoms with Gasteiger partial charge in [0.05, 0.1) is 17.8 Å². The van der Waals surface area contributed by atoms with Gasteiger partial charge >= 0.3 is 0 Å². The average Bonchev–Trinajstić information content (AvgIpc) is 3.39. The lowest BCUT2D eigenvalue weighted by Gasteiger charge is -2.08. The molecule has 1 aromatic heterocycles. The minimum Gasteiger partial charge on any atom is -0.375 e. The number of carbonyl (C=O) groups is 1. The van der Waals surface area contributed by atoms with Crippen LogP contribution in [0.25, 0.3) is 5.69 Å². The molecule has 0 bridgehead atoms. The highest BCUT2D eigenvalue weighted by Crippen LogP contribution is 2.32. The summed E-state index contributed by atoms with van der Waals surface area (Å²) in [4.78, 5) is 12.1.